The fourth-order valence-electron chi connectivity index (χ4n) is 3.27. The highest BCUT2D eigenvalue weighted by Gasteiger charge is 2.14. The van der Waals surface area contributed by atoms with Gasteiger partial charge in [-0.1, -0.05) is 0 Å². The third-order valence-corrected chi connectivity index (χ3v) is 4.55. The molecular formula is C22H21N5O4. The van der Waals surface area contributed by atoms with E-state index in [-0.39, 0.29) is 12.5 Å². The second kappa shape index (κ2) is 8.02. The molecule has 9 nitrogen and oxygen atoms in total. The van der Waals surface area contributed by atoms with Crippen molar-refractivity contribution in [3.63, 3.8) is 0 Å². The SMILES string of the molecule is Cc1cc(C)nc(-n2nc(C)cc2NC(=O)COc2ccc3c(C)cc(=O)oc3c2)n1. The van der Waals surface area contributed by atoms with E-state index < -0.39 is 5.63 Å². The number of nitrogens with zero attached hydrogens (tertiary/aromatic N) is 4. The number of hydrogen-bond donors (Lipinski definition) is 1. The van der Waals surface area contributed by atoms with E-state index in [1.807, 2.05) is 33.8 Å². The van der Waals surface area contributed by atoms with Crippen LogP contribution in [0.5, 0.6) is 5.75 Å². The molecule has 0 spiro atoms. The zero-order chi connectivity index (χ0) is 22.1. The number of hydrogen-bond acceptors (Lipinski definition) is 7. The van der Waals surface area contributed by atoms with E-state index in [0.717, 1.165) is 22.3 Å². The average Bonchev–Trinajstić information content (AvgIpc) is 3.05. The Kier molecular flexibility index (Phi) is 5.24. The molecule has 0 aliphatic rings. The molecule has 0 radical (unpaired) electrons. The lowest BCUT2D eigenvalue weighted by atomic mass is 10.1. The number of anilines is 1. The van der Waals surface area contributed by atoms with E-state index in [0.29, 0.717) is 28.8 Å². The Morgan fingerprint density at radius 3 is 2.52 bits per heavy atom. The van der Waals surface area contributed by atoms with Crippen LogP contribution in [0.3, 0.4) is 0 Å². The first-order valence-electron chi connectivity index (χ1n) is 9.65. The zero-order valence-corrected chi connectivity index (χ0v) is 17.6. The van der Waals surface area contributed by atoms with Gasteiger partial charge in [0.2, 0.25) is 0 Å². The highest BCUT2D eigenvalue weighted by atomic mass is 16.5. The number of fused-ring (bicyclic) bond motifs is 1. The molecular weight excluding hydrogens is 398 g/mol. The lowest BCUT2D eigenvalue weighted by Crippen LogP contribution is -2.22. The molecule has 3 aromatic heterocycles. The van der Waals surface area contributed by atoms with Gasteiger partial charge in [-0.3, -0.25) is 4.79 Å². The van der Waals surface area contributed by atoms with Gasteiger partial charge < -0.3 is 14.5 Å². The first-order chi connectivity index (χ1) is 14.8. The van der Waals surface area contributed by atoms with Crippen molar-refractivity contribution in [2.24, 2.45) is 0 Å². The minimum Gasteiger partial charge on any atom is -0.484 e. The molecule has 9 heteroatoms. The summed E-state index contributed by atoms with van der Waals surface area (Å²) in [6.07, 6.45) is 0. The molecule has 0 aliphatic carbocycles. The van der Waals surface area contributed by atoms with Gasteiger partial charge in [-0.25, -0.2) is 14.8 Å². The monoisotopic (exact) mass is 419 g/mol. The number of carbonyl (C=O) groups excluding carboxylic acids is 1. The highest BCUT2D eigenvalue weighted by Crippen LogP contribution is 2.22. The topological polar surface area (TPSA) is 112 Å². The van der Waals surface area contributed by atoms with E-state index >= 15 is 0 Å². The lowest BCUT2D eigenvalue weighted by molar-refractivity contribution is -0.118. The maximum Gasteiger partial charge on any atom is 0.336 e. The molecule has 158 valence electrons. The summed E-state index contributed by atoms with van der Waals surface area (Å²) in [4.78, 5) is 32.9. The predicted octanol–water partition coefficient (Wildman–Crippen LogP) is 3.02. The molecule has 4 rings (SSSR count). The van der Waals surface area contributed by atoms with Crippen molar-refractivity contribution in [3.8, 4) is 11.7 Å². The van der Waals surface area contributed by atoms with E-state index in [2.05, 4.69) is 20.4 Å². The van der Waals surface area contributed by atoms with Gasteiger partial charge in [0.25, 0.3) is 11.9 Å². The Morgan fingerprint density at radius 1 is 1.03 bits per heavy atom. The second-order valence-corrected chi connectivity index (χ2v) is 7.28. The molecule has 0 bridgehead atoms. The Morgan fingerprint density at radius 2 is 1.77 bits per heavy atom. The van der Waals surface area contributed by atoms with E-state index in [1.165, 1.54) is 10.7 Å². The van der Waals surface area contributed by atoms with Gasteiger partial charge in [-0.15, -0.1) is 0 Å². The first kappa shape index (κ1) is 20.3. The van der Waals surface area contributed by atoms with E-state index in [9.17, 15) is 9.59 Å². The Labute approximate surface area is 177 Å². The van der Waals surface area contributed by atoms with Crippen LogP contribution in [0.1, 0.15) is 22.6 Å². The van der Waals surface area contributed by atoms with Gasteiger partial charge >= 0.3 is 5.63 Å². The largest absolute Gasteiger partial charge is 0.484 e. The van der Waals surface area contributed by atoms with Crippen LogP contribution in [-0.2, 0) is 4.79 Å². The van der Waals surface area contributed by atoms with Crippen LogP contribution in [0.25, 0.3) is 16.9 Å². The normalized spacial score (nSPS) is 11.0. The van der Waals surface area contributed by atoms with Gasteiger partial charge in [0.15, 0.2) is 6.61 Å². The van der Waals surface area contributed by atoms with Crippen molar-refractivity contribution in [3.05, 3.63) is 69.5 Å². The maximum absolute atomic E-state index is 12.5. The number of rotatable bonds is 5. The van der Waals surface area contributed by atoms with Crippen LogP contribution in [0, 0.1) is 27.7 Å². The van der Waals surface area contributed by atoms with Crippen LogP contribution in [0.4, 0.5) is 5.82 Å². The average molecular weight is 419 g/mol. The van der Waals surface area contributed by atoms with Gasteiger partial charge in [0, 0.05) is 35.0 Å². The van der Waals surface area contributed by atoms with Crippen LogP contribution in [-0.4, -0.2) is 32.3 Å². The second-order valence-electron chi connectivity index (χ2n) is 7.28. The molecule has 0 atom stereocenters. The molecule has 0 unspecified atom stereocenters. The van der Waals surface area contributed by atoms with Crippen LogP contribution < -0.4 is 15.7 Å². The smallest absolute Gasteiger partial charge is 0.336 e. The van der Waals surface area contributed by atoms with Crippen molar-refractivity contribution in [1.82, 2.24) is 19.7 Å². The first-order valence-corrected chi connectivity index (χ1v) is 9.65. The Bertz CT molecular complexity index is 1340. The van der Waals surface area contributed by atoms with Crippen LogP contribution in [0.15, 0.2) is 45.6 Å². The number of aromatic nitrogens is 4. The van der Waals surface area contributed by atoms with Crippen molar-refractivity contribution in [1.29, 1.82) is 0 Å². The summed E-state index contributed by atoms with van der Waals surface area (Å²) in [6, 6.07) is 10.1. The van der Waals surface area contributed by atoms with E-state index in [4.69, 9.17) is 9.15 Å². The summed E-state index contributed by atoms with van der Waals surface area (Å²) in [6.45, 7) is 7.15. The summed E-state index contributed by atoms with van der Waals surface area (Å²) in [7, 11) is 0. The number of ether oxygens (including phenoxy) is 1. The predicted molar refractivity (Wildman–Crippen MR) is 115 cm³/mol. The Hall–Kier alpha value is -4.01. The molecule has 1 N–H and O–H groups in total. The minimum absolute atomic E-state index is 0.237. The lowest BCUT2D eigenvalue weighted by Gasteiger charge is -2.10. The Balaban J connectivity index is 1.50. The van der Waals surface area contributed by atoms with Gasteiger partial charge in [-0.05, 0) is 51.5 Å². The molecule has 0 aliphatic heterocycles. The summed E-state index contributed by atoms with van der Waals surface area (Å²) >= 11 is 0. The molecule has 0 fully saturated rings. The van der Waals surface area contributed by atoms with Crippen molar-refractivity contribution in [2.75, 3.05) is 11.9 Å². The number of nitrogens with one attached hydrogen (secondary N) is 1. The highest BCUT2D eigenvalue weighted by molar-refractivity contribution is 5.91. The molecule has 3 heterocycles. The summed E-state index contributed by atoms with van der Waals surface area (Å²) < 4.78 is 12.3. The summed E-state index contributed by atoms with van der Waals surface area (Å²) in [5.74, 6) is 0.855. The molecule has 1 aromatic carbocycles. The fraction of sp³-hybridized carbons (Fsp3) is 0.227. The quantitative estimate of drug-likeness (QED) is 0.495. The maximum atomic E-state index is 12.5. The van der Waals surface area contributed by atoms with Crippen LogP contribution in [0.2, 0.25) is 0 Å². The van der Waals surface area contributed by atoms with Crippen LogP contribution >= 0.6 is 0 Å². The van der Waals surface area contributed by atoms with Crippen molar-refractivity contribution < 1.29 is 13.9 Å². The standard InChI is InChI=1S/C22H21N5O4/c1-12-7-21(29)31-18-10-16(5-6-17(12)18)30-11-20(28)25-19-9-15(4)26-27(19)22-23-13(2)8-14(3)24-22/h5-10H,11H2,1-4H3,(H,25,28). The molecule has 0 saturated heterocycles. The summed E-state index contributed by atoms with van der Waals surface area (Å²) in [5, 5.41) is 7.97. The summed E-state index contributed by atoms with van der Waals surface area (Å²) in [5.41, 5.74) is 3.09. The zero-order valence-electron chi connectivity index (χ0n) is 17.6. The molecule has 31 heavy (non-hydrogen) atoms. The van der Waals surface area contributed by atoms with Crippen molar-refractivity contribution in [2.45, 2.75) is 27.7 Å². The minimum atomic E-state index is -0.433. The number of amides is 1. The van der Waals surface area contributed by atoms with E-state index in [1.54, 1.807) is 24.3 Å². The number of carbonyl (C=O) groups is 1. The fourth-order valence-corrected chi connectivity index (χ4v) is 3.27. The van der Waals surface area contributed by atoms with Crippen molar-refractivity contribution >= 4 is 22.7 Å². The number of aryl methyl sites for hydroxylation is 4. The van der Waals surface area contributed by atoms with Gasteiger partial charge in [0.1, 0.15) is 17.2 Å². The third kappa shape index (κ3) is 4.45. The van der Waals surface area contributed by atoms with Gasteiger partial charge in [0.05, 0.1) is 5.69 Å². The third-order valence-electron chi connectivity index (χ3n) is 4.55. The molecule has 4 aromatic rings. The molecule has 1 amide bonds. The number of benzene rings is 1. The molecule has 0 saturated carbocycles. The van der Waals surface area contributed by atoms with Gasteiger partial charge in [-0.2, -0.15) is 9.78 Å².